The number of esters is 2. The van der Waals surface area contributed by atoms with Gasteiger partial charge >= 0.3 is 59.4 Å². The largest absolute Gasteiger partial charge is 0.489 e. The molecular weight excluding hydrogens is 1720 g/mol. The fourth-order valence-electron chi connectivity index (χ4n) is 14.3. The number of hydrogen-bond acceptors (Lipinski definition) is 36. The van der Waals surface area contributed by atoms with Crippen molar-refractivity contribution in [2.24, 2.45) is 0 Å². The van der Waals surface area contributed by atoms with E-state index in [1.165, 1.54) is 0 Å². The Bertz CT molecular complexity index is 3210. The highest BCUT2D eigenvalue weighted by Crippen LogP contribution is 2.67. The average Bonchev–Trinajstić information content (AvgIpc) is 0.697. The molecule has 2 aromatic rings. The van der Waals surface area contributed by atoms with E-state index in [-0.39, 0.29) is 258 Å². The van der Waals surface area contributed by atoms with Gasteiger partial charge in [-0.15, -0.1) is 0 Å². The number of carbonyl (C=O) groups is 2. The number of hydrogen-bond donors (Lipinski definition) is 0. The molecule has 0 heterocycles. The van der Waals surface area contributed by atoms with E-state index in [1.807, 2.05) is 41.5 Å². The summed E-state index contributed by atoms with van der Waals surface area (Å²) in [6.45, 7) is 50.8. The van der Waals surface area contributed by atoms with Crippen LogP contribution in [-0.2, 0) is 129 Å². The van der Waals surface area contributed by atoms with E-state index in [9.17, 15) is 0 Å². The molecule has 36 heteroatoms. The van der Waals surface area contributed by atoms with Gasteiger partial charge in [0, 0.05) is 111 Å². The third kappa shape index (κ3) is 28.9. The number of carbonyl (C=O) groups excluding carboxylic acids is 2. The Morgan fingerprint density at radius 3 is 0.573 bits per heavy atom. The summed E-state index contributed by atoms with van der Waals surface area (Å²) in [6.07, 6.45) is 1.64. The summed E-state index contributed by atoms with van der Waals surface area (Å²) >= 11 is 0. The van der Waals surface area contributed by atoms with Crippen LogP contribution in [0.2, 0.25) is 0 Å². The smallest absolute Gasteiger partial charge is 0.394 e. The Morgan fingerprint density at radius 2 is 0.389 bits per heavy atom. The predicted molar refractivity (Wildman–Crippen MR) is 487 cm³/mol. The van der Waals surface area contributed by atoms with Gasteiger partial charge < -0.3 is 161 Å². The Balaban J connectivity index is 5.04. The monoisotopic (exact) mass is 1890 g/mol. The third-order valence-corrected chi connectivity index (χ3v) is 18.3. The Labute approximate surface area is 782 Å². The molecule has 0 aliphatic carbocycles. The van der Waals surface area contributed by atoms with E-state index in [1.54, 1.807) is 180 Å². The molecule has 0 N–H and O–H groups in total. The van der Waals surface area contributed by atoms with Gasteiger partial charge in [0.2, 0.25) is 45.6 Å². The first-order valence-corrected chi connectivity index (χ1v) is 48.0. The number of benzene rings is 2. The molecular formula is C95H168O36. The minimum absolute atomic E-state index is 0.0577. The van der Waals surface area contributed by atoms with E-state index in [0.717, 1.165) is 0 Å². The fraction of sp³-hybridized carbons (Fsp3) is 0.811. The molecule has 0 bridgehead atoms. The van der Waals surface area contributed by atoms with Crippen molar-refractivity contribution in [3.63, 3.8) is 0 Å². The van der Waals surface area contributed by atoms with Crippen LogP contribution in [0, 0.1) is 0 Å². The molecule has 0 saturated carbocycles. The molecule has 764 valence electrons. The quantitative estimate of drug-likeness (QED) is 0.0195. The molecule has 2 aromatic carbocycles. The normalized spacial score (nSPS) is 12.5. The predicted octanol–water partition coefficient (Wildman–Crippen LogP) is 17.9. The van der Waals surface area contributed by atoms with Gasteiger partial charge in [0.1, 0.15) is 0 Å². The minimum Gasteiger partial charge on any atom is -0.489 e. The molecule has 131 heavy (non-hydrogen) atoms. The van der Waals surface area contributed by atoms with Crippen molar-refractivity contribution in [1.82, 2.24) is 0 Å². The van der Waals surface area contributed by atoms with Gasteiger partial charge in [-0.25, -0.2) is 9.59 Å². The van der Waals surface area contributed by atoms with Gasteiger partial charge in [0.05, 0.1) is 104 Å². The van der Waals surface area contributed by atoms with Crippen LogP contribution in [0.5, 0.6) is 57.5 Å². The summed E-state index contributed by atoms with van der Waals surface area (Å²) in [5.41, 5.74) is -3.55. The second-order valence-corrected chi connectivity index (χ2v) is 28.0. The summed E-state index contributed by atoms with van der Waals surface area (Å²) in [7, 11) is 0. The zero-order valence-electron chi connectivity index (χ0n) is 85.7. The van der Waals surface area contributed by atoms with E-state index in [0.29, 0.717) is 12.8 Å². The van der Waals surface area contributed by atoms with Crippen LogP contribution >= 0.6 is 0 Å². The minimum atomic E-state index is -2.98. The first-order valence-electron chi connectivity index (χ1n) is 48.0. The maximum Gasteiger partial charge on any atom is 0.394 e. The molecule has 0 aliphatic heterocycles. The zero-order valence-corrected chi connectivity index (χ0v) is 85.7. The maximum atomic E-state index is 17.0. The van der Waals surface area contributed by atoms with Crippen LogP contribution < -0.4 is 47.4 Å². The van der Waals surface area contributed by atoms with Crippen LogP contribution in [0.4, 0.5) is 0 Å². The van der Waals surface area contributed by atoms with Crippen molar-refractivity contribution < 1.29 is 171 Å². The lowest BCUT2D eigenvalue weighted by Crippen LogP contribution is -2.77. The van der Waals surface area contributed by atoms with Crippen LogP contribution in [0.15, 0.2) is 23.0 Å². The van der Waals surface area contributed by atoms with Gasteiger partial charge in [-0.3, -0.25) is 0 Å². The highest BCUT2D eigenvalue weighted by atomic mass is 17.0. The van der Waals surface area contributed by atoms with Gasteiger partial charge in [0.15, 0.2) is 23.0 Å². The van der Waals surface area contributed by atoms with Crippen molar-refractivity contribution in [2.45, 2.75) is 313 Å². The molecule has 0 saturated heterocycles. The Hall–Kier alpha value is -6.34. The molecule has 0 unspecified atom stereocenters. The Kier molecular flexibility index (Phi) is 58.2. The first-order chi connectivity index (χ1) is 63.2. The van der Waals surface area contributed by atoms with Gasteiger partial charge in [-0.2, -0.15) is 0 Å². The van der Waals surface area contributed by atoms with E-state index < -0.39 is 122 Å². The lowest BCUT2D eigenvalue weighted by atomic mass is 9.75. The zero-order chi connectivity index (χ0) is 98.4. The fourth-order valence-corrected chi connectivity index (χ4v) is 14.3. The summed E-state index contributed by atoms with van der Waals surface area (Å²) < 4.78 is 238. The molecule has 0 radical (unpaired) electrons. The summed E-state index contributed by atoms with van der Waals surface area (Å²) in [4.78, 5) is 33.9. The first kappa shape index (κ1) is 121. The highest BCUT2D eigenvalue weighted by molar-refractivity contribution is 5.95. The third-order valence-electron chi connectivity index (χ3n) is 18.3. The molecule has 36 nitrogen and oxygen atoms in total. The molecule has 0 fully saturated rings. The summed E-state index contributed by atoms with van der Waals surface area (Å²) in [5.74, 6) is -28.8. The second-order valence-electron chi connectivity index (χ2n) is 28.0. The molecule has 0 atom stereocenters. The topological polar surface area (TPSA) is 348 Å². The molecule has 0 aliphatic rings. The molecule has 0 amide bonds. The number of rotatable bonds is 82. The van der Waals surface area contributed by atoms with Crippen LogP contribution in [0.1, 0.15) is 271 Å². The lowest BCUT2D eigenvalue weighted by Gasteiger charge is -2.53. The SMILES string of the molecule is CCCOc1c(OC(=O)C(=C(OCC)OCC)C(OCC)(OCC)OCC)c(OCCC)c(OC(OCC)(OCC)C(OCC)(OCC)C(OCC)(OCC)OCC)c(C(C)(C)c2c(OCCC)c(OCCC)c(OC(=O)C(=C(OCC)OCC)C(OCC)(OCC)OCC)c(OCCC)c2OC(OCC)(OCC)C(OCC)(OCC)C(OCC)(OCC)OCC)c1OCCC. The molecule has 0 spiro atoms. The lowest BCUT2D eigenvalue weighted by molar-refractivity contribution is -0.579. The summed E-state index contributed by atoms with van der Waals surface area (Å²) in [5, 5.41) is 0. The van der Waals surface area contributed by atoms with Crippen LogP contribution in [0.25, 0.3) is 0 Å². The van der Waals surface area contributed by atoms with Gasteiger partial charge in [-0.1, -0.05) is 55.4 Å². The van der Waals surface area contributed by atoms with Gasteiger partial charge in [0.25, 0.3) is 11.9 Å². The highest BCUT2D eigenvalue weighted by Gasteiger charge is 2.78. The average molecular weight is 1890 g/mol. The van der Waals surface area contributed by atoms with E-state index in [4.69, 9.17) is 161 Å². The van der Waals surface area contributed by atoms with E-state index >= 15 is 9.59 Å². The van der Waals surface area contributed by atoms with Gasteiger partial charge in [-0.05, 0) is 205 Å². The summed E-state index contributed by atoms with van der Waals surface area (Å²) in [6, 6.07) is 0. The molecule has 0 aromatic heterocycles. The standard InChI is InChI=1S/C95H168O36/c1-33-63-102-73-69(75(130-94(124-59-27,125-60-28)90(114-49-17,115-50-18)92(118-53-21,119-54-22)120-55-23)79(106-67-37-5)81(77(73)104-65-35-3)128-83(96)71(85(98-39-7)99-40-8)88(108-43-11,109-44-12)110-45-13)87(31,32)70-74(103-64-34-2)78(105-66-36-4)82(129-84(97)72(86(100-41-9)101-42-10)89(111-46-14,112-47-15)113-48-16)80(107-68-38-6)76(70)131-95(126-61-29,127-62-30)91(116-51-19,117-52-20)93(121-56-24,122-57-25)123-58-26/h33-68H2,1-32H3. The van der Waals surface area contributed by atoms with Crippen molar-refractivity contribution in [3.05, 3.63) is 34.2 Å². The van der Waals surface area contributed by atoms with Crippen LogP contribution in [0.3, 0.4) is 0 Å². The van der Waals surface area contributed by atoms with Crippen molar-refractivity contribution in [3.8, 4) is 57.5 Å². The van der Waals surface area contributed by atoms with Crippen molar-refractivity contribution >= 4 is 11.9 Å². The number of ether oxygens (including phenoxy) is 34. The van der Waals surface area contributed by atoms with Crippen molar-refractivity contribution in [1.29, 1.82) is 0 Å². The van der Waals surface area contributed by atoms with Crippen molar-refractivity contribution in [2.75, 3.05) is 198 Å². The second kappa shape index (κ2) is 63.1. The van der Waals surface area contributed by atoms with E-state index in [2.05, 4.69) is 0 Å². The molecule has 2 rings (SSSR count). The maximum absolute atomic E-state index is 17.0. The van der Waals surface area contributed by atoms with Crippen LogP contribution in [-0.4, -0.2) is 258 Å². The Morgan fingerprint density at radius 1 is 0.206 bits per heavy atom.